The lowest BCUT2D eigenvalue weighted by atomic mass is 9.96. The van der Waals surface area contributed by atoms with E-state index in [0.29, 0.717) is 0 Å². The van der Waals surface area contributed by atoms with Crippen LogP contribution in [0.4, 0.5) is 0 Å². The van der Waals surface area contributed by atoms with Crippen LogP contribution in [-0.4, -0.2) is 21.4 Å². The number of hydrogen-bond acceptors (Lipinski definition) is 4. The summed E-state index contributed by atoms with van der Waals surface area (Å²) < 4.78 is 0. The zero-order valence-electron chi connectivity index (χ0n) is 9.69. The van der Waals surface area contributed by atoms with Crippen molar-refractivity contribution in [3.8, 4) is 0 Å². The third-order valence-corrected chi connectivity index (χ3v) is 4.62. The summed E-state index contributed by atoms with van der Waals surface area (Å²) in [5, 5.41) is 4.63. The second-order valence-corrected chi connectivity index (χ2v) is 6.28. The van der Waals surface area contributed by atoms with Gasteiger partial charge < -0.3 is 5.32 Å². The SMILES string of the molecule is CCC1(C)CCSC(=NCc2cncs2)N1. The molecule has 0 spiro atoms. The van der Waals surface area contributed by atoms with Crippen molar-refractivity contribution in [3.63, 3.8) is 0 Å². The summed E-state index contributed by atoms with van der Waals surface area (Å²) in [6.45, 7) is 5.25. The maximum Gasteiger partial charge on any atom is 0.157 e. The number of aromatic nitrogens is 1. The van der Waals surface area contributed by atoms with Crippen LogP contribution in [-0.2, 0) is 6.54 Å². The lowest BCUT2D eigenvalue weighted by Gasteiger charge is -2.35. The van der Waals surface area contributed by atoms with Crippen molar-refractivity contribution < 1.29 is 0 Å². The number of hydrogen-bond donors (Lipinski definition) is 1. The van der Waals surface area contributed by atoms with E-state index in [2.05, 4.69) is 29.1 Å². The van der Waals surface area contributed by atoms with E-state index in [1.54, 1.807) is 11.3 Å². The van der Waals surface area contributed by atoms with Crippen LogP contribution >= 0.6 is 23.1 Å². The van der Waals surface area contributed by atoms with Gasteiger partial charge in [0.05, 0.1) is 12.1 Å². The van der Waals surface area contributed by atoms with Gasteiger partial charge in [0.25, 0.3) is 0 Å². The van der Waals surface area contributed by atoms with Crippen molar-refractivity contribution in [1.29, 1.82) is 0 Å². The van der Waals surface area contributed by atoms with Crippen LogP contribution in [0.25, 0.3) is 0 Å². The molecule has 1 aliphatic rings. The van der Waals surface area contributed by atoms with Crippen molar-refractivity contribution >= 4 is 28.3 Å². The predicted molar refractivity (Wildman–Crippen MR) is 72.2 cm³/mol. The highest BCUT2D eigenvalue weighted by atomic mass is 32.2. The molecule has 16 heavy (non-hydrogen) atoms. The Bertz CT molecular complexity index is 361. The molecule has 0 aromatic carbocycles. The highest BCUT2D eigenvalue weighted by molar-refractivity contribution is 8.13. The molecule has 5 heteroatoms. The fraction of sp³-hybridized carbons (Fsp3) is 0.636. The van der Waals surface area contributed by atoms with Crippen molar-refractivity contribution in [2.24, 2.45) is 4.99 Å². The molecule has 1 unspecified atom stereocenters. The average Bonchev–Trinajstić information content (AvgIpc) is 2.80. The van der Waals surface area contributed by atoms with Gasteiger partial charge in [-0.15, -0.1) is 11.3 Å². The summed E-state index contributed by atoms with van der Waals surface area (Å²) in [7, 11) is 0. The van der Waals surface area contributed by atoms with Gasteiger partial charge >= 0.3 is 0 Å². The van der Waals surface area contributed by atoms with Crippen molar-refractivity contribution in [3.05, 3.63) is 16.6 Å². The Hall–Kier alpha value is -0.550. The molecule has 1 atom stereocenters. The van der Waals surface area contributed by atoms with E-state index < -0.39 is 0 Å². The molecule has 1 saturated heterocycles. The molecule has 2 rings (SSSR count). The highest BCUT2D eigenvalue weighted by Gasteiger charge is 2.27. The van der Waals surface area contributed by atoms with Crippen molar-refractivity contribution in [2.45, 2.75) is 38.8 Å². The molecular formula is C11H17N3S2. The van der Waals surface area contributed by atoms with Crippen LogP contribution in [0.3, 0.4) is 0 Å². The number of nitrogens with zero attached hydrogens (tertiary/aromatic N) is 2. The monoisotopic (exact) mass is 255 g/mol. The van der Waals surface area contributed by atoms with Gasteiger partial charge in [-0.1, -0.05) is 18.7 Å². The van der Waals surface area contributed by atoms with Gasteiger partial charge in [-0.2, -0.15) is 0 Å². The number of thioether (sulfide) groups is 1. The third-order valence-electron chi connectivity index (χ3n) is 2.94. The Labute approximate surface area is 105 Å². The predicted octanol–water partition coefficient (Wildman–Crippen LogP) is 2.89. The molecule has 0 amide bonds. The number of nitrogens with one attached hydrogen (secondary N) is 1. The lowest BCUT2D eigenvalue weighted by molar-refractivity contribution is 0.390. The summed E-state index contributed by atoms with van der Waals surface area (Å²) >= 11 is 3.49. The molecule has 1 aromatic heterocycles. The quantitative estimate of drug-likeness (QED) is 0.902. The molecule has 88 valence electrons. The van der Waals surface area contributed by atoms with Gasteiger partial charge in [-0.3, -0.25) is 9.98 Å². The van der Waals surface area contributed by atoms with E-state index >= 15 is 0 Å². The zero-order valence-corrected chi connectivity index (χ0v) is 11.3. The van der Waals surface area contributed by atoms with Gasteiger partial charge in [-0.25, -0.2) is 0 Å². The summed E-state index contributed by atoms with van der Waals surface area (Å²) in [5.74, 6) is 1.17. The van der Waals surface area contributed by atoms with Crippen LogP contribution in [0.15, 0.2) is 16.7 Å². The topological polar surface area (TPSA) is 37.3 Å². The lowest BCUT2D eigenvalue weighted by Crippen LogP contribution is -2.48. The Balaban J connectivity index is 1.96. The molecular weight excluding hydrogens is 238 g/mol. The van der Waals surface area contributed by atoms with Crippen LogP contribution in [0, 0.1) is 0 Å². The first-order valence-corrected chi connectivity index (χ1v) is 7.41. The number of amidine groups is 1. The number of rotatable bonds is 3. The van der Waals surface area contributed by atoms with E-state index in [0.717, 1.165) is 18.1 Å². The highest BCUT2D eigenvalue weighted by Crippen LogP contribution is 2.25. The van der Waals surface area contributed by atoms with Gasteiger partial charge in [0, 0.05) is 22.4 Å². The fourth-order valence-electron chi connectivity index (χ4n) is 1.55. The summed E-state index contributed by atoms with van der Waals surface area (Å²) in [4.78, 5) is 9.88. The molecule has 1 aliphatic heterocycles. The van der Waals surface area contributed by atoms with E-state index in [9.17, 15) is 0 Å². The molecule has 1 fully saturated rings. The number of aliphatic imine (C=N–C) groups is 1. The molecule has 3 nitrogen and oxygen atoms in total. The Morgan fingerprint density at radius 3 is 3.19 bits per heavy atom. The molecule has 1 aromatic rings. The average molecular weight is 255 g/mol. The molecule has 0 saturated carbocycles. The Morgan fingerprint density at radius 1 is 1.62 bits per heavy atom. The zero-order chi connectivity index (χ0) is 11.4. The van der Waals surface area contributed by atoms with E-state index in [-0.39, 0.29) is 5.54 Å². The molecule has 1 N–H and O–H groups in total. The standard InChI is InChI=1S/C11H17N3S2/c1-3-11(2)4-5-15-10(14-11)13-7-9-6-12-8-16-9/h6,8H,3-5,7H2,1-2H3,(H,13,14). The van der Waals surface area contributed by atoms with E-state index in [1.165, 1.54) is 17.1 Å². The molecule has 0 bridgehead atoms. The normalized spacial score (nSPS) is 28.0. The van der Waals surface area contributed by atoms with Crippen molar-refractivity contribution in [1.82, 2.24) is 10.3 Å². The summed E-state index contributed by atoms with van der Waals surface area (Å²) in [6, 6.07) is 0. The van der Waals surface area contributed by atoms with Crippen LogP contribution in [0.5, 0.6) is 0 Å². The summed E-state index contributed by atoms with van der Waals surface area (Å²) in [6.07, 6.45) is 4.25. The maximum atomic E-state index is 4.61. The molecule has 0 aliphatic carbocycles. The third kappa shape index (κ3) is 2.98. The van der Waals surface area contributed by atoms with Crippen LogP contribution in [0.1, 0.15) is 31.6 Å². The number of thiazole rings is 1. The largest absolute Gasteiger partial charge is 0.360 e. The Morgan fingerprint density at radius 2 is 2.50 bits per heavy atom. The van der Waals surface area contributed by atoms with Gasteiger partial charge in [0.1, 0.15) is 0 Å². The first kappa shape index (κ1) is 11.9. The van der Waals surface area contributed by atoms with E-state index in [1.807, 2.05) is 23.5 Å². The van der Waals surface area contributed by atoms with Crippen molar-refractivity contribution in [2.75, 3.05) is 5.75 Å². The smallest absolute Gasteiger partial charge is 0.157 e. The van der Waals surface area contributed by atoms with Gasteiger partial charge in [0.2, 0.25) is 0 Å². The Kier molecular flexibility index (Phi) is 3.86. The second-order valence-electron chi connectivity index (χ2n) is 4.23. The molecule has 2 heterocycles. The van der Waals surface area contributed by atoms with E-state index in [4.69, 9.17) is 0 Å². The first-order valence-electron chi connectivity index (χ1n) is 5.55. The first-order chi connectivity index (χ1) is 7.72. The van der Waals surface area contributed by atoms with Crippen LogP contribution in [0.2, 0.25) is 0 Å². The maximum absolute atomic E-state index is 4.61. The van der Waals surface area contributed by atoms with Gasteiger partial charge in [0.15, 0.2) is 5.17 Å². The minimum Gasteiger partial charge on any atom is -0.360 e. The minimum atomic E-state index is 0.234. The fourth-order valence-corrected chi connectivity index (χ4v) is 3.29. The summed E-state index contributed by atoms with van der Waals surface area (Å²) in [5.41, 5.74) is 2.09. The second kappa shape index (κ2) is 5.19. The van der Waals surface area contributed by atoms with Crippen LogP contribution < -0.4 is 5.32 Å². The van der Waals surface area contributed by atoms with Gasteiger partial charge in [-0.05, 0) is 19.8 Å². The molecule has 0 radical (unpaired) electrons. The minimum absolute atomic E-state index is 0.234.